The highest BCUT2D eigenvalue weighted by molar-refractivity contribution is 5.86. The summed E-state index contributed by atoms with van der Waals surface area (Å²) in [5.41, 5.74) is 7.18. The third kappa shape index (κ3) is 1.84. The topological polar surface area (TPSA) is 75.2 Å². The van der Waals surface area contributed by atoms with Crippen LogP contribution in [0.5, 0.6) is 0 Å². The van der Waals surface area contributed by atoms with Crippen LogP contribution in [-0.4, -0.2) is 32.5 Å². The molecule has 2 aliphatic rings. The number of nitrogen functional groups attached to an aromatic ring is 1. The Morgan fingerprint density at radius 2 is 2.14 bits per heavy atom. The van der Waals surface area contributed by atoms with Crippen molar-refractivity contribution < 1.29 is 13.9 Å². The van der Waals surface area contributed by atoms with E-state index in [9.17, 15) is 4.39 Å². The summed E-state index contributed by atoms with van der Waals surface area (Å²) in [5, 5.41) is 0. The molecular formula is C14H17FN4O2. The molecule has 6 nitrogen and oxygen atoms in total. The van der Waals surface area contributed by atoms with Crippen molar-refractivity contribution in [1.82, 2.24) is 14.5 Å². The Morgan fingerprint density at radius 1 is 1.33 bits per heavy atom. The van der Waals surface area contributed by atoms with E-state index in [2.05, 4.69) is 9.97 Å². The van der Waals surface area contributed by atoms with Crippen molar-refractivity contribution in [2.24, 2.45) is 0 Å². The number of imidazole rings is 1. The van der Waals surface area contributed by atoms with Gasteiger partial charge in [-0.1, -0.05) is 0 Å². The molecule has 0 unspecified atom stereocenters. The number of halogens is 1. The molecular weight excluding hydrogens is 275 g/mol. The second-order valence-corrected chi connectivity index (χ2v) is 6.14. The van der Waals surface area contributed by atoms with Crippen LogP contribution in [0.4, 0.5) is 10.1 Å². The Bertz CT molecular complexity index is 714. The highest BCUT2D eigenvalue weighted by atomic mass is 19.1. The zero-order valence-corrected chi connectivity index (χ0v) is 11.9. The van der Waals surface area contributed by atoms with E-state index >= 15 is 0 Å². The predicted octanol–water partition coefficient (Wildman–Crippen LogP) is 2.01. The van der Waals surface area contributed by atoms with Gasteiger partial charge in [0.15, 0.2) is 5.79 Å². The van der Waals surface area contributed by atoms with E-state index in [0.717, 1.165) is 12.8 Å². The first-order valence-electron chi connectivity index (χ1n) is 7.08. The van der Waals surface area contributed by atoms with Crippen molar-refractivity contribution in [1.29, 1.82) is 0 Å². The molecule has 1 saturated heterocycles. The molecule has 0 spiro atoms. The first kappa shape index (κ1) is 13.0. The van der Waals surface area contributed by atoms with Crippen molar-refractivity contribution >= 4 is 16.7 Å². The minimum Gasteiger partial charge on any atom is -0.396 e. The lowest BCUT2D eigenvalue weighted by Crippen LogP contribution is -2.27. The van der Waals surface area contributed by atoms with Gasteiger partial charge in [-0.3, -0.25) is 0 Å². The van der Waals surface area contributed by atoms with Gasteiger partial charge in [-0.15, -0.1) is 0 Å². The second kappa shape index (κ2) is 4.14. The number of pyridine rings is 1. The largest absolute Gasteiger partial charge is 0.396 e. The summed E-state index contributed by atoms with van der Waals surface area (Å²) in [6, 6.07) is 0.0471. The fourth-order valence-corrected chi connectivity index (χ4v) is 3.51. The Hall–Kier alpha value is -1.73. The van der Waals surface area contributed by atoms with Gasteiger partial charge < -0.3 is 19.8 Å². The van der Waals surface area contributed by atoms with Crippen LogP contribution in [0.15, 0.2) is 12.5 Å². The normalized spacial score (nSPS) is 30.9. The number of hydrogen-bond donors (Lipinski definition) is 1. The van der Waals surface area contributed by atoms with Gasteiger partial charge in [0, 0.05) is 0 Å². The zero-order valence-electron chi connectivity index (χ0n) is 11.9. The van der Waals surface area contributed by atoms with Crippen molar-refractivity contribution in [2.45, 2.75) is 50.7 Å². The molecule has 2 aromatic rings. The first-order chi connectivity index (χ1) is 9.96. The maximum Gasteiger partial charge on any atom is 0.241 e. The van der Waals surface area contributed by atoms with E-state index in [4.69, 9.17) is 15.2 Å². The van der Waals surface area contributed by atoms with E-state index in [1.165, 1.54) is 6.20 Å². The van der Waals surface area contributed by atoms with Gasteiger partial charge in [0.25, 0.3) is 0 Å². The number of fused-ring (bicyclic) bond motifs is 2. The monoisotopic (exact) mass is 292 g/mol. The van der Waals surface area contributed by atoms with Gasteiger partial charge in [-0.05, 0) is 26.7 Å². The molecule has 2 fully saturated rings. The molecule has 0 amide bonds. The lowest BCUT2D eigenvalue weighted by Gasteiger charge is -2.23. The van der Waals surface area contributed by atoms with Gasteiger partial charge in [-0.25, -0.2) is 9.97 Å². The molecule has 3 heterocycles. The Balaban J connectivity index is 1.80. The van der Waals surface area contributed by atoms with Crippen LogP contribution >= 0.6 is 0 Å². The maximum atomic E-state index is 13.8. The van der Waals surface area contributed by atoms with E-state index in [1.54, 1.807) is 6.33 Å². The molecule has 1 aliphatic carbocycles. The number of anilines is 1. The molecule has 0 radical (unpaired) electrons. The van der Waals surface area contributed by atoms with E-state index in [0.29, 0.717) is 11.2 Å². The van der Waals surface area contributed by atoms with Crippen molar-refractivity contribution in [2.75, 3.05) is 5.73 Å². The van der Waals surface area contributed by atoms with Gasteiger partial charge in [0.1, 0.15) is 11.6 Å². The van der Waals surface area contributed by atoms with Crippen LogP contribution in [-0.2, 0) is 9.47 Å². The second-order valence-electron chi connectivity index (χ2n) is 6.14. The summed E-state index contributed by atoms with van der Waals surface area (Å²) >= 11 is 0. The van der Waals surface area contributed by atoms with Crippen molar-refractivity contribution in [3.05, 3.63) is 18.5 Å². The molecule has 112 valence electrons. The Labute approximate surface area is 121 Å². The standard InChI is InChI=1S/C14H17FN4O2/c1-14(2)20-9-4-3-8(12(9)21-14)19-6-18-10-11(19)7(16)5-17-13(10)15/h5-6,8-9,12H,3-4,16H2,1-2H3/t8-,9-,12+/m1/s1. The van der Waals surface area contributed by atoms with E-state index < -0.39 is 11.7 Å². The SMILES string of the molecule is CC1(C)O[C@H]2[C@H](n3cnc4c(F)ncc(N)c43)CC[C@H]2O1. The number of rotatable bonds is 1. The average molecular weight is 292 g/mol. The van der Waals surface area contributed by atoms with Crippen LogP contribution in [0.2, 0.25) is 0 Å². The fraction of sp³-hybridized carbons (Fsp3) is 0.571. The summed E-state index contributed by atoms with van der Waals surface area (Å²) in [6.07, 6.45) is 4.75. The van der Waals surface area contributed by atoms with Crippen LogP contribution in [0.1, 0.15) is 32.7 Å². The summed E-state index contributed by atoms with van der Waals surface area (Å²) in [4.78, 5) is 7.74. The summed E-state index contributed by atoms with van der Waals surface area (Å²) in [7, 11) is 0. The minimum atomic E-state index is -0.601. The molecule has 21 heavy (non-hydrogen) atoms. The van der Waals surface area contributed by atoms with Gasteiger partial charge in [-0.2, -0.15) is 4.39 Å². The number of nitrogens with zero attached hydrogens (tertiary/aromatic N) is 3. The maximum absolute atomic E-state index is 13.8. The molecule has 2 aromatic heterocycles. The van der Waals surface area contributed by atoms with E-state index in [-0.39, 0.29) is 23.8 Å². The zero-order chi connectivity index (χ0) is 14.8. The number of nitrogens with two attached hydrogens (primary N) is 1. The lowest BCUT2D eigenvalue weighted by atomic mass is 10.2. The number of hydrogen-bond acceptors (Lipinski definition) is 5. The lowest BCUT2D eigenvalue weighted by molar-refractivity contribution is -0.155. The van der Waals surface area contributed by atoms with Gasteiger partial charge in [0.2, 0.25) is 5.95 Å². The fourth-order valence-electron chi connectivity index (χ4n) is 3.51. The highest BCUT2D eigenvalue weighted by Crippen LogP contribution is 2.44. The first-order valence-corrected chi connectivity index (χ1v) is 7.08. The minimum absolute atomic E-state index is 0.0471. The van der Waals surface area contributed by atoms with Crippen molar-refractivity contribution in [3.63, 3.8) is 0 Å². The van der Waals surface area contributed by atoms with Crippen LogP contribution in [0.3, 0.4) is 0 Å². The van der Waals surface area contributed by atoms with Crippen molar-refractivity contribution in [3.8, 4) is 0 Å². The molecule has 7 heteroatoms. The third-order valence-electron chi connectivity index (χ3n) is 4.28. The summed E-state index contributed by atoms with van der Waals surface area (Å²) in [5.74, 6) is -1.18. The number of ether oxygens (including phenoxy) is 2. The predicted molar refractivity (Wildman–Crippen MR) is 74.0 cm³/mol. The smallest absolute Gasteiger partial charge is 0.241 e. The highest BCUT2D eigenvalue weighted by Gasteiger charge is 2.49. The average Bonchev–Trinajstić information content (AvgIpc) is 3.05. The molecule has 4 rings (SSSR count). The molecule has 0 bridgehead atoms. The summed E-state index contributed by atoms with van der Waals surface area (Å²) < 4.78 is 27.6. The van der Waals surface area contributed by atoms with Gasteiger partial charge >= 0.3 is 0 Å². The Morgan fingerprint density at radius 3 is 2.95 bits per heavy atom. The third-order valence-corrected chi connectivity index (χ3v) is 4.28. The number of aromatic nitrogens is 3. The van der Waals surface area contributed by atoms with Crippen LogP contribution < -0.4 is 5.73 Å². The molecule has 2 N–H and O–H groups in total. The van der Waals surface area contributed by atoms with E-state index in [1.807, 2.05) is 18.4 Å². The molecule has 3 atom stereocenters. The quantitative estimate of drug-likeness (QED) is 0.814. The Kier molecular flexibility index (Phi) is 2.56. The molecule has 1 saturated carbocycles. The van der Waals surface area contributed by atoms with Crippen LogP contribution in [0.25, 0.3) is 11.0 Å². The molecule has 1 aliphatic heterocycles. The van der Waals surface area contributed by atoms with Gasteiger partial charge in [0.05, 0.1) is 35.9 Å². The van der Waals surface area contributed by atoms with Crippen LogP contribution in [0, 0.1) is 5.95 Å². The summed E-state index contributed by atoms with van der Waals surface area (Å²) in [6.45, 7) is 3.82. The molecule has 0 aromatic carbocycles.